The number of rotatable bonds is 6. The van der Waals surface area contributed by atoms with Gasteiger partial charge in [0.1, 0.15) is 0 Å². The molecule has 0 bridgehead atoms. The lowest BCUT2D eigenvalue weighted by molar-refractivity contribution is 0.0950. The molecule has 0 aliphatic carbocycles. The molecule has 1 amide bonds. The Bertz CT molecular complexity index is 1120. The second-order valence-corrected chi connectivity index (χ2v) is 10.5. The minimum Gasteiger partial charge on any atom is -0.347 e. The van der Waals surface area contributed by atoms with Crippen LogP contribution in [0.1, 0.15) is 26.4 Å². The van der Waals surface area contributed by atoms with Crippen LogP contribution < -0.4 is 10.0 Å². The maximum Gasteiger partial charge on any atom is 0.261 e. The zero-order valence-electron chi connectivity index (χ0n) is 15.3. The molecule has 3 aromatic rings. The largest absolute Gasteiger partial charge is 0.347 e. The minimum absolute atomic E-state index is 0.0466. The maximum atomic E-state index is 12.8. The topological polar surface area (TPSA) is 75.3 Å². The number of halogens is 1. The Morgan fingerprint density at radius 1 is 1.04 bits per heavy atom. The molecule has 0 saturated carbocycles. The molecule has 1 heterocycles. The van der Waals surface area contributed by atoms with E-state index in [-0.39, 0.29) is 10.8 Å². The Morgan fingerprint density at radius 3 is 2.46 bits per heavy atom. The van der Waals surface area contributed by atoms with Crippen molar-refractivity contribution in [2.45, 2.75) is 25.3 Å². The van der Waals surface area contributed by atoms with Crippen molar-refractivity contribution in [2.75, 3.05) is 4.72 Å². The van der Waals surface area contributed by atoms with E-state index in [1.165, 1.54) is 23.5 Å². The molecule has 0 saturated heterocycles. The van der Waals surface area contributed by atoms with E-state index in [9.17, 15) is 13.2 Å². The molecule has 0 aliphatic heterocycles. The summed E-state index contributed by atoms with van der Waals surface area (Å²) in [6.07, 6.45) is 0. The van der Waals surface area contributed by atoms with Gasteiger partial charge >= 0.3 is 0 Å². The third-order valence-corrected chi connectivity index (χ3v) is 7.19. The lowest BCUT2D eigenvalue weighted by Gasteiger charge is -2.13. The Labute approximate surface area is 177 Å². The van der Waals surface area contributed by atoms with Crippen molar-refractivity contribution in [3.05, 3.63) is 80.0 Å². The summed E-state index contributed by atoms with van der Waals surface area (Å²) in [6.45, 7) is 3.99. The number of hydrogen-bond donors (Lipinski definition) is 2. The van der Waals surface area contributed by atoms with E-state index >= 15 is 0 Å². The van der Waals surface area contributed by atoms with Crippen molar-refractivity contribution in [1.82, 2.24) is 5.32 Å². The van der Waals surface area contributed by atoms with Gasteiger partial charge in [-0.05, 0) is 71.2 Å². The summed E-state index contributed by atoms with van der Waals surface area (Å²) in [4.78, 5) is 13.7. The molecule has 0 spiro atoms. The van der Waals surface area contributed by atoms with Gasteiger partial charge in [0.05, 0.1) is 20.9 Å². The Morgan fingerprint density at radius 2 is 1.79 bits per heavy atom. The van der Waals surface area contributed by atoms with Crippen LogP contribution in [0.3, 0.4) is 0 Å². The highest BCUT2D eigenvalue weighted by Crippen LogP contribution is 2.23. The van der Waals surface area contributed by atoms with E-state index in [1.54, 1.807) is 25.1 Å². The van der Waals surface area contributed by atoms with Gasteiger partial charge in [0.25, 0.3) is 15.9 Å². The molecule has 0 radical (unpaired) electrons. The molecular weight excluding hydrogens is 460 g/mol. The van der Waals surface area contributed by atoms with Crippen molar-refractivity contribution in [3.8, 4) is 0 Å². The molecule has 0 unspecified atom stereocenters. The minimum atomic E-state index is -3.81. The van der Waals surface area contributed by atoms with Crippen molar-refractivity contribution >= 4 is 48.9 Å². The molecule has 1 aromatic heterocycles. The van der Waals surface area contributed by atoms with Crippen LogP contribution in [0.15, 0.2) is 63.3 Å². The number of aryl methyl sites for hydroxylation is 2. The summed E-state index contributed by atoms with van der Waals surface area (Å²) in [5, 5.41) is 2.84. The lowest BCUT2D eigenvalue weighted by Crippen LogP contribution is -2.24. The van der Waals surface area contributed by atoms with Crippen molar-refractivity contribution in [3.63, 3.8) is 0 Å². The number of anilines is 1. The van der Waals surface area contributed by atoms with Gasteiger partial charge in [0, 0.05) is 10.4 Å². The van der Waals surface area contributed by atoms with Gasteiger partial charge < -0.3 is 5.32 Å². The van der Waals surface area contributed by atoms with Gasteiger partial charge in [-0.1, -0.05) is 24.3 Å². The van der Waals surface area contributed by atoms with E-state index in [4.69, 9.17) is 0 Å². The van der Waals surface area contributed by atoms with Crippen LogP contribution in [0.2, 0.25) is 0 Å². The van der Waals surface area contributed by atoms with Crippen LogP contribution in [0, 0.1) is 13.8 Å². The number of nitrogens with one attached hydrogen (secondary N) is 2. The standard InChI is InChI=1S/C20H19BrN2O3S2/c1-13-7-9-16(28(25,26)23-18-6-4-3-5-14(18)2)11-17(13)20(24)22-12-15-8-10-19(21)27-15/h3-11,23H,12H2,1-2H3,(H,22,24). The van der Waals surface area contributed by atoms with Gasteiger partial charge in [-0.15, -0.1) is 11.3 Å². The first-order valence-electron chi connectivity index (χ1n) is 8.48. The average Bonchev–Trinajstić information content (AvgIpc) is 3.07. The van der Waals surface area contributed by atoms with Crippen LogP contribution in [-0.2, 0) is 16.6 Å². The lowest BCUT2D eigenvalue weighted by atomic mass is 10.1. The van der Waals surface area contributed by atoms with Crippen LogP contribution in [0.4, 0.5) is 5.69 Å². The summed E-state index contributed by atoms with van der Waals surface area (Å²) in [5.41, 5.74) is 2.37. The fraction of sp³-hybridized carbons (Fsp3) is 0.150. The summed E-state index contributed by atoms with van der Waals surface area (Å²) in [5.74, 6) is -0.310. The number of para-hydroxylation sites is 1. The molecule has 3 rings (SSSR count). The van der Waals surface area contributed by atoms with E-state index < -0.39 is 10.0 Å². The molecule has 5 nitrogen and oxygen atoms in total. The second-order valence-electron chi connectivity index (χ2n) is 6.29. The number of benzene rings is 2. The molecule has 2 aromatic carbocycles. The molecule has 2 N–H and O–H groups in total. The van der Waals surface area contributed by atoms with Crippen molar-refractivity contribution in [1.29, 1.82) is 0 Å². The highest BCUT2D eigenvalue weighted by atomic mass is 79.9. The van der Waals surface area contributed by atoms with Crippen molar-refractivity contribution < 1.29 is 13.2 Å². The molecule has 0 fully saturated rings. The zero-order valence-corrected chi connectivity index (χ0v) is 18.5. The summed E-state index contributed by atoms with van der Waals surface area (Å²) in [6, 6.07) is 15.5. The number of thiophene rings is 1. The first-order chi connectivity index (χ1) is 13.3. The quantitative estimate of drug-likeness (QED) is 0.531. The third-order valence-electron chi connectivity index (χ3n) is 4.21. The van der Waals surface area contributed by atoms with Gasteiger partial charge in [-0.2, -0.15) is 0 Å². The summed E-state index contributed by atoms with van der Waals surface area (Å²) < 4.78 is 29.1. The summed E-state index contributed by atoms with van der Waals surface area (Å²) in [7, 11) is -3.81. The van der Waals surface area contributed by atoms with Gasteiger partial charge in [0.2, 0.25) is 0 Å². The number of carbonyl (C=O) groups is 1. The highest BCUT2D eigenvalue weighted by Gasteiger charge is 2.19. The maximum absolute atomic E-state index is 12.8. The van der Waals surface area contributed by atoms with Crippen LogP contribution in [0.25, 0.3) is 0 Å². The fourth-order valence-electron chi connectivity index (χ4n) is 2.61. The van der Waals surface area contributed by atoms with Crippen LogP contribution >= 0.6 is 27.3 Å². The predicted molar refractivity (Wildman–Crippen MR) is 116 cm³/mol. The SMILES string of the molecule is Cc1ccccc1NS(=O)(=O)c1ccc(C)c(C(=O)NCc2ccc(Br)s2)c1. The monoisotopic (exact) mass is 478 g/mol. The Kier molecular flexibility index (Phi) is 6.22. The predicted octanol–water partition coefficient (Wildman–Crippen LogP) is 4.86. The molecule has 146 valence electrons. The number of sulfonamides is 1. The average molecular weight is 479 g/mol. The smallest absolute Gasteiger partial charge is 0.261 e. The normalized spacial score (nSPS) is 11.2. The number of hydrogen-bond acceptors (Lipinski definition) is 4. The van der Waals surface area contributed by atoms with E-state index in [1.807, 2.05) is 31.2 Å². The van der Waals surface area contributed by atoms with Gasteiger partial charge in [-0.3, -0.25) is 9.52 Å². The Balaban J connectivity index is 1.82. The third kappa shape index (κ3) is 4.81. The van der Waals surface area contributed by atoms with E-state index in [0.29, 0.717) is 23.4 Å². The van der Waals surface area contributed by atoms with Crippen LogP contribution in [0.5, 0.6) is 0 Å². The fourth-order valence-corrected chi connectivity index (χ4v) is 5.19. The zero-order chi connectivity index (χ0) is 20.3. The van der Waals surface area contributed by atoms with Crippen LogP contribution in [-0.4, -0.2) is 14.3 Å². The van der Waals surface area contributed by atoms with Gasteiger partial charge in [0.15, 0.2) is 0 Å². The molecular formula is C20H19BrN2O3S2. The molecule has 0 aliphatic rings. The molecule has 0 atom stereocenters. The molecule has 8 heteroatoms. The van der Waals surface area contributed by atoms with Gasteiger partial charge in [-0.25, -0.2) is 8.42 Å². The van der Waals surface area contributed by atoms with E-state index in [0.717, 1.165) is 14.2 Å². The molecule has 28 heavy (non-hydrogen) atoms. The highest BCUT2D eigenvalue weighted by molar-refractivity contribution is 9.11. The number of amides is 1. The summed E-state index contributed by atoms with van der Waals surface area (Å²) >= 11 is 4.93. The first kappa shape index (κ1) is 20.6. The second kappa shape index (κ2) is 8.46. The first-order valence-corrected chi connectivity index (χ1v) is 11.6. The Hall–Kier alpha value is -2.16. The van der Waals surface area contributed by atoms with Crippen molar-refractivity contribution in [2.24, 2.45) is 0 Å². The number of carbonyl (C=O) groups excluding carboxylic acids is 1. The van der Waals surface area contributed by atoms with E-state index in [2.05, 4.69) is 26.0 Å².